The Morgan fingerprint density at radius 2 is 1.74 bits per heavy atom. The van der Waals surface area contributed by atoms with Crippen LogP contribution in [-0.2, 0) is 34.0 Å². The Balaban J connectivity index is 1.65. The van der Waals surface area contributed by atoms with E-state index in [1.807, 2.05) is 18.2 Å². The van der Waals surface area contributed by atoms with Crippen LogP contribution < -0.4 is 11.0 Å². The molecule has 9 heteroatoms. The number of aromatic nitrogens is 2. The molecule has 0 spiro atoms. The summed E-state index contributed by atoms with van der Waals surface area (Å²) in [5, 5.41) is 2.43. The largest absolute Gasteiger partial charge is 0.467 e. The molecule has 162 valence electrons. The van der Waals surface area contributed by atoms with Crippen molar-refractivity contribution in [3.63, 3.8) is 0 Å². The molecule has 0 bridgehead atoms. The van der Waals surface area contributed by atoms with Crippen molar-refractivity contribution in [1.29, 1.82) is 0 Å². The number of alkyl carbamates (subject to hydrolysis) is 1. The van der Waals surface area contributed by atoms with Gasteiger partial charge in [0.15, 0.2) is 0 Å². The van der Waals surface area contributed by atoms with Crippen LogP contribution in [0.3, 0.4) is 0 Å². The maximum absolute atomic E-state index is 13.4. The van der Waals surface area contributed by atoms with Gasteiger partial charge in [-0.1, -0.05) is 42.5 Å². The van der Waals surface area contributed by atoms with E-state index in [0.29, 0.717) is 5.56 Å². The SMILES string of the molecule is COC(=O)C(Cn1ccn(Cc2cccc(F)c2)c1=O)NC(=O)OCc1ccccc1. The molecular weight excluding hydrogens is 405 g/mol. The molecule has 0 radical (unpaired) electrons. The predicted molar refractivity (Wildman–Crippen MR) is 110 cm³/mol. The van der Waals surface area contributed by atoms with Crippen LogP contribution in [0.2, 0.25) is 0 Å². The summed E-state index contributed by atoms with van der Waals surface area (Å²) >= 11 is 0. The molecule has 0 saturated heterocycles. The highest BCUT2D eigenvalue weighted by Gasteiger charge is 2.24. The topological polar surface area (TPSA) is 91.6 Å². The molecule has 2 aromatic carbocycles. The Kier molecular flexibility index (Phi) is 7.21. The van der Waals surface area contributed by atoms with Crippen LogP contribution in [0.4, 0.5) is 9.18 Å². The van der Waals surface area contributed by atoms with Crippen molar-refractivity contribution in [2.24, 2.45) is 0 Å². The molecule has 0 saturated carbocycles. The number of amides is 1. The van der Waals surface area contributed by atoms with Gasteiger partial charge in [-0.05, 0) is 23.3 Å². The quantitative estimate of drug-likeness (QED) is 0.557. The number of benzene rings is 2. The molecule has 1 atom stereocenters. The average molecular weight is 427 g/mol. The van der Waals surface area contributed by atoms with Crippen molar-refractivity contribution in [2.75, 3.05) is 7.11 Å². The number of halogens is 1. The van der Waals surface area contributed by atoms with E-state index < -0.39 is 29.6 Å². The highest BCUT2D eigenvalue weighted by molar-refractivity contribution is 5.81. The summed E-state index contributed by atoms with van der Waals surface area (Å²) in [6.07, 6.45) is 2.19. The smallest absolute Gasteiger partial charge is 0.408 e. The van der Waals surface area contributed by atoms with Gasteiger partial charge in [-0.25, -0.2) is 18.8 Å². The molecule has 3 aromatic rings. The number of hydrogen-bond donors (Lipinski definition) is 1. The number of esters is 1. The van der Waals surface area contributed by atoms with Gasteiger partial charge >= 0.3 is 17.8 Å². The van der Waals surface area contributed by atoms with Gasteiger partial charge < -0.3 is 14.8 Å². The van der Waals surface area contributed by atoms with Crippen LogP contribution in [0.1, 0.15) is 11.1 Å². The number of carbonyl (C=O) groups is 2. The van der Waals surface area contributed by atoms with Crippen LogP contribution in [0.5, 0.6) is 0 Å². The molecular formula is C22H22FN3O5. The fraction of sp³-hybridized carbons (Fsp3) is 0.227. The predicted octanol–water partition coefficient (Wildman–Crippen LogP) is 2.31. The van der Waals surface area contributed by atoms with Crippen molar-refractivity contribution in [2.45, 2.75) is 25.7 Å². The number of rotatable bonds is 8. The monoisotopic (exact) mass is 427 g/mol. The first-order valence-electron chi connectivity index (χ1n) is 9.51. The molecule has 1 amide bonds. The highest BCUT2D eigenvalue weighted by Crippen LogP contribution is 2.05. The van der Waals surface area contributed by atoms with E-state index in [2.05, 4.69) is 5.32 Å². The zero-order valence-electron chi connectivity index (χ0n) is 16.9. The summed E-state index contributed by atoms with van der Waals surface area (Å²) in [7, 11) is 1.18. The zero-order chi connectivity index (χ0) is 22.2. The fourth-order valence-corrected chi connectivity index (χ4v) is 2.97. The lowest BCUT2D eigenvalue weighted by molar-refractivity contribution is -0.143. The first-order valence-corrected chi connectivity index (χ1v) is 9.51. The number of nitrogens with one attached hydrogen (secondary N) is 1. The summed E-state index contributed by atoms with van der Waals surface area (Å²) in [5.41, 5.74) is 0.988. The normalized spacial score (nSPS) is 11.5. The van der Waals surface area contributed by atoms with Crippen LogP contribution >= 0.6 is 0 Å². The van der Waals surface area contributed by atoms with Crippen LogP contribution in [-0.4, -0.2) is 34.3 Å². The first kappa shape index (κ1) is 21.8. The second-order valence-corrected chi connectivity index (χ2v) is 6.77. The van der Waals surface area contributed by atoms with Crippen LogP contribution in [0, 0.1) is 5.82 Å². The Morgan fingerprint density at radius 1 is 1.03 bits per heavy atom. The third-order valence-electron chi connectivity index (χ3n) is 4.53. The summed E-state index contributed by atoms with van der Waals surface area (Å²) in [6.45, 7) is 0.0473. The van der Waals surface area contributed by atoms with Crippen LogP contribution in [0.15, 0.2) is 71.8 Å². The van der Waals surface area contributed by atoms with E-state index in [1.165, 1.54) is 40.8 Å². The Bertz CT molecular complexity index is 1090. The van der Waals surface area contributed by atoms with E-state index in [1.54, 1.807) is 24.3 Å². The number of hydrogen-bond acceptors (Lipinski definition) is 5. The molecule has 3 rings (SSSR count). The van der Waals surface area contributed by atoms with Gasteiger partial charge in [-0.3, -0.25) is 9.13 Å². The number of nitrogens with zero attached hydrogens (tertiary/aromatic N) is 2. The Morgan fingerprint density at radius 3 is 2.45 bits per heavy atom. The van der Waals surface area contributed by atoms with Gasteiger partial charge in [0.05, 0.1) is 20.2 Å². The molecule has 1 unspecified atom stereocenters. The van der Waals surface area contributed by atoms with Gasteiger partial charge in [-0.2, -0.15) is 0 Å². The zero-order valence-corrected chi connectivity index (χ0v) is 16.9. The number of carbonyl (C=O) groups excluding carboxylic acids is 2. The maximum Gasteiger partial charge on any atom is 0.408 e. The molecule has 1 heterocycles. The van der Waals surface area contributed by atoms with Crippen molar-refractivity contribution in [1.82, 2.24) is 14.5 Å². The number of methoxy groups -OCH3 is 1. The van der Waals surface area contributed by atoms with Crippen molar-refractivity contribution < 1.29 is 23.5 Å². The lowest BCUT2D eigenvalue weighted by atomic mass is 10.2. The summed E-state index contributed by atoms with van der Waals surface area (Å²) < 4.78 is 25.9. The standard InChI is InChI=1S/C22H22FN3O5/c1-30-20(27)19(24-21(28)31-15-16-6-3-2-4-7-16)14-26-11-10-25(22(26)29)13-17-8-5-9-18(23)12-17/h2-12,19H,13-15H2,1H3,(H,24,28). The molecule has 1 aromatic heterocycles. The molecule has 0 aliphatic rings. The minimum atomic E-state index is -1.13. The van der Waals surface area contributed by atoms with E-state index in [-0.39, 0.29) is 19.7 Å². The van der Waals surface area contributed by atoms with E-state index in [4.69, 9.17) is 9.47 Å². The minimum Gasteiger partial charge on any atom is -0.467 e. The summed E-state index contributed by atoms with van der Waals surface area (Å²) in [4.78, 5) is 36.9. The third kappa shape index (κ3) is 6.05. The number of imidazole rings is 1. The maximum atomic E-state index is 13.4. The van der Waals surface area contributed by atoms with E-state index in [0.717, 1.165) is 5.56 Å². The Hall–Kier alpha value is -3.88. The lowest BCUT2D eigenvalue weighted by Gasteiger charge is -2.16. The molecule has 0 fully saturated rings. The Labute approximate surface area is 177 Å². The summed E-state index contributed by atoms with van der Waals surface area (Å²) in [6, 6.07) is 13.9. The highest BCUT2D eigenvalue weighted by atomic mass is 19.1. The minimum absolute atomic E-state index is 0.0323. The van der Waals surface area contributed by atoms with Crippen LogP contribution in [0.25, 0.3) is 0 Å². The lowest BCUT2D eigenvalue weighted by Crippen LogP contribution is -2.46. The van der Waals surface area contributed by atoms with Gasteiger partial charge in [0.2, 0.25) is 0 Å². The fourth-order valence-electron chi connectivity index (χ4n) is 2.97. The van der Waals surface area contributed by atoms with Gasteiger partial charge in [-0.15, -0.1) is 0 Å². The van der Waals surface area contributed by atoms with Gasteiger partial charge in [0, 0.05) is 12.4 Å². The van der Waals surface area contributed by atoms with Gasteiger partial charge in [0.1, 0.15) is 18.5 Å². The second kappa shape index (κ2) is 10.2. The van der Waals surface area contributed by atoms with Crippen molar-refractivity contribution in [3.8, 4) is 0 Å². The molecule has 0 aliphatic heterocycles. The third-order valence-corrected chi connectivity index (χ3v) is 4.53. The van der Waals surface area contributed by atoms with Crippen molar-refractivity contribution >= 4 is 12.1 Å². The molecule has 1 N–H and O–H groups in total. The summed E-state index contributed by atoms with van der Waals surface area (Å²) in [5.74, 6) is -1.12. The second-order valence-electron chi connectivity index (χ2n) is 6.77. The molecule has 8 nitrogen and oxygen atoms in total. The molecule has 31 heavy (non-hydrogen) atoms. The average Bonchev–Trinajstić information content (AvgIpc) is 3.11. The van der Waals surface area contributed by atoms with E-state index >= 15 is 0 Å². The molecule has 0 aliphatic carbocycles. The van der Waals surface area contributed by atoms with Crippen molar-refractivity contribution in [3.05, 3.63) is 94.4 Å². The first-order chi connectivity index (χ1) is 15.0. The van der Waals surface area contributed by atoms with E-state index in [9.17, 15) is 18.8 Å². The number of ether oxygens (including phenoxy) is 2. The van der Waals surface area contributed by atoms with Gasteiger partial charge in [0.25, 0.3) is 0 Å².